The molecule has 2 fully saturated rings. The zero-order valence-corrected chi connectivity index (χ0v) is 15.3. The summed E-state index contributed by atoms with van der Waals surface area (Å²) in [5.74, 6) is 1.03. The molecule has 5 nitrogen and oxygen atoms in total. The Bertz CT molecular complexity index is 485. The highest BCUT2D eigenvalue weighted by molar-refractivity contribution is 5.37. The van der Waals surface area contributed by atoms with Crippen molar-refractivity contribution in [3.8, 4) is 0 Å². The quantitative estimate of drug-likeness (QED) is 0.797. The van der Waals surface area contributed by atoms with Crippen molar-refractivity contribution >= 4 is 5.82 Å². The second kappa shape index (κ2) is 8.79. The van der Waals surface area contributed by atoms with Crippen molar-refractivity contribution in [2.75, 3.05) is 58.4 Å². The summed E-state index contributed by atoms with van der Waals surface area (Å²) < 4.78 is 5.46. The summed E-state index contributed by atoms with van der Waals surface area (Å²) in [6, 6.07) is 5.08. The largest absolute Gasteiger partial charge is 0.379 e. The zero-order chi connectivity index (χ0) is 16.8. The Labute approximate surface area is 146 Å². The number of rotatable bonds is 6. The van der Waals surface area contributed by atoms with Gasteiger partial charge in [0.2, 0.25) is 0 Å². The minimum atomic E-state index is 0.718. The molecule has 1 unspecified atom stereocenters. The molecule has 1 aromatic rings. The molecule has 3 heterocycles. The van der Waals surface area contributed by atoms with Crippen LogP contribution in [0.25, 0.3) is 0 Å². The van der Waals surface area contributed by atoms with Gasteiger partial charge in [-0.3, -0.25) is 9.80 Å². The average Bonchev–Trinajstić information content (AvgIpc) is 2.62. The molecule has 0 aromatic carbocycles. The number of hydrogen-bond donors (Lipinski definition) is 0. The van der Waals surface area contributed by atoms with Crippen molar-refractivity contribution in [3.05, 3.63) is 23.9 Å². The smallest absolute Gasteiger partial charge is 0.127 e. The topological polar surface area (TPSA) is 31.8 Å². The van der Waals surface area contributed by atoms with Crippen LogP contribution < -0.4 is 4.90 Å². The molecule has 2 saturated heterocycles. The van der Waals surface area contributed by atoms with Gasteiger partial charge in [0, 0.05) is 46.0 Å². The van der Waals surface area contributed by atoms with Gasteiger partial charge in [0.25, 0.3) is 0 Å². The fourth-order valence-corrected chi connectivity index (χ4v) is 3.76. The van der Waals surface area contributed by atoms with Crippen LogP contribution in [0, 0.1) is 0 Å². The number of hydrogen-bond acceptors (Lipinski definition) is 5. The van der Waals surface area contributed by atoms with Crippen molar-refractivity contribution in [2.24, 2.45) is 0 Å². The zero-order valence-electron chi connectivity index (χ0n) is 15.3. The molecule has 0 N–H and O–H groups in total. The van der Waals surface area contributed by atoms with Crippen LogP contribution in [0.1, 0.15) is 31.2 Å². The second-order valence-corrected chi connectivity index (χ2v) is 7.28. The molecule has 2 aliphatic rings. The van der Waals surface area contributed by atoms with Gasteiger partial charge in [-0.2, -0.15) is 0 Å². The number of aromatic nitrogens is 1. The van der Waals surface area contributed by atoms with E-state index in [4.69, 9.17) is 4.74 Å². The number of morpholine rings is 1. The van der Waals surface area contributed by atoms with Gasteiger partial charge in [0.05, 0.1) is 13.2 Å². The number of anilines is 1. The molecule has 24 heavy (non-hydrogen) atoms. The van der Waals surface area contributed by atoms with Crippen molar-refractivity contribution in [3.63, 3.8) is 0 Å². The van der Waals surface area contributed by atoms with Gasteiger partial charge in [0.1, 0.15) is 5.82 Å². The van der Waals surface area contributed by atoms with E-state index in [0.29, 0.717) is 0 Å². The summed E-state index contributed by atoms with van der Waals surface area (Å²) >= 11 is 0. The molecule has 1 atom stereocenters. The lowest BCUT2D eigenvalue weighted by Gasteiger charge is -2.37. The number of nitrogens with zero attached hydrogens (tertiary/aromatic N) is 4. The summed E-state index contributed by atoms with van der Waals surface area (Å²) in [5, 5.41) is 0. The van der Waals surface area contributed by atoms with E-state index in [2.05, 4.69) is 31.8 Å². The van der Waals surface area contributed by atoms with Crippen LogP contribution in [0.2, 0.25) is 0 Å². The first-order chi connectivity index (χ1) is 11.7. The van der Waals surface area contributed by atoms with Crippen molar-refractivity contribution in [1.82, 2.24) is 14.8 Å². The van der Waals surface area contributed by atoms with E-state index in [0.717, 1.165) is 44.7 Å². The first-order valence-corrected chi connectivity index (χ1v) is 9.39. The molecule has 5 heteroatoms. The standard InChI is InChI=1S/C19H32N4O/c1-21(2)19-7-6-17(15-20-19)16-23-9-4-3-5-18(23)8-10-22-11-13-24-14-12-22/h6-7,15,18H,3-5,8-14,16H2,1-2H3. The lowest BCUT2D eigenvalue weighted by molar-refractivity contribution is 0.0302. The Kier molecular flexibility index (Phi) is 6.46. The van der Waals surface area contributed by atoms with Crippen LogP contribution >= 0.6 is 0 Å². The lowest BCUT2D eigenvalue weighted by Crippen LogP contribution is -2.43. The summed E-state index contributed by atoms with van der Waals surface area (Å²) in [4.78, 5) is 11.9. The first-order valence-electron chi connectivity index (χ1n) is 9.39. The second-order valence-electron chi connectivity index (χ2n) is 7.28. The third-order valence-corrected chi connectivity index (χ3v) is 5.28. The molecule has 0 aliphatic carbocycles. The highest BCUT2D eigenvalue weighted by atomic mass is 16.5. The van der Waals surface area contributed by atoms with Gasteiger partial charge in [-0.1, -0.05) is 12.5 Å². The molecular formula is C19H32N4O. The Morgan fingerprint density at radius 2 is 2.00 bits per heavy atom. The number of pyridine rings is 1. The van der Waals surface area contributed by atoms with Crippen LogP contribution in [0.15, 0.2) is 18.3 Å². The van der Waals surface area contributed by atoms with Crippen LogP contribution in [0.5, 0.6) is 0 Å². The first kappa shape index (κ1) is 17.6. The Balaban J connectivity index is 1.53. The molecule has 1 aromatic heterocycles. The van der Waals surface area contributed by atoms with E-state index < -0.39 is 0 Å². The SMILES string of the molecule is CN(C)c1ccc(CN2CCCCC2CCN2CCOCC2)cn1. The van der Waals surface area contributed by atoms with Gasteiger partial charge < -0.3 is 9.64 Å². The van der Waals surface area contributed by atoms with Crippen molar-refractivity contribution in [2.45, 2.75) is 38.3 Å². The molecule has 2 aliphatic heterocycles. The third-order valence-electron chi connectivity index (χ3n) is 5.28. The average molecular weight is 332 g/mol. The highest BCUT2D eigenvalue weighted by Crippen LogP contribution is 2.22. The van der Waals surface area contributed by atoms with E-state index in [9.17, 15) is 0 Å². The van der Waals surface area contributed by atoms with E-state index >= 15 is 0 Å². The maximum Gasteiger partial charge on any atom is 0.127 e. The third kappa shape index (κ3) is 4.91. The summed E-state index contributed by atoms with van der Waals surface area (Å²) in [5.41, 5.74) is 1.33. The molecule has 0 amide bonds. The Morgan fingerprint density at radius 1 is 1.17 bits per heavy atom. The van der Waals surface area contributed by atoms with Crippen LogP contribution in [0.4, 0.5) is 5.82 Å². The molecule has 0 radical (unpaired) electrons. The molecular weight excluding hydrogens is 300 g/mol. The summed E-state index contributed by atoms with van der Waals surface area (Å²) in [6.45, 7) is 7.47. The maximum absolute atomic E-state index is 5.46. The van der Waals surface area contributed by atoms with Gasteiger partial charge in [0.15, 0.2) is 0 Å². The van der Waals surface area contributed by atoms with Gasteiger partial charge in [-0.15, -0.1) is 0 Å². The monoisotopic (exact) mass is 332 g/mol. The fraction of sp³-hybridized carbons (Fsp3) is 0.737. The predicted octanol–water partition coefficient (Wildman–Crippen LogP) is 2.22. The number of piperidine rings is 1. The minimum Gasteiger partial charge on any atom is -0.379 e. The van der Waals surface area contributed by atoms with Crippen molar-refractivity contribution in [1.29, 1.82) is 0 Å². The molecule has 0 bridgehead atoms. The number of ether oxygens (including phenoxy) is 1. The van der Waals surface area contributed by atoms with E-state index in [-0.39, 0.29) is 0 Å². The number of likely N-dealkylation sites (tertiary alicyclic amines) is 1. The van der Waals surface area contributed by atoms with Gasteiger partial charge in [-0.05, 0) is 44.0 Å². The molecule has 0 spiro atoms. The normalized spacial score (nSPS) is 23.3. The van der Waals surface area contributed by atoms with E-state index in [1.165, 1.54) is 44.3 Å². The lowest BCUT2D eigenvalue weighted by atomic mass is 9.98. The predicted molar refractivity (Wildman–Crippen MR) is 98.5 cm³/mol. The summed E-state index contributed by atoms with van der Waals surface area (Å²) in [6.07, 6.45) is 7.37. The summed E-state index contributed by atoms with van der Waals surface area (Å²) in [7, 11) is 4.07. The van der Waals surface area contributed by atoms with E-state index in [1.807, 2.05) is 20.3 Å². The molecule has 0 saturated carbocycles. The maximum atomic E-state index is 5.46. The highest BCUT2D eigenvalue weighted by Gasteiger charge is 2.23. The Morgan fingerprint density at radius 3 is 2.71 bits per heavy atom. The van der Waals surface area contributed by atoms with Gasteiger partial charge in [-0.25, -0.2) is 4.98 Å². The molecule has 134 valence electrons. The van der Waals surface area contributed by atoms with Crippen LogP contribution in [-0.4, -0.2) is 74.3 Å². The van der Waals surface area contributed by atoms with Gasteiger partial charge >= 0.3 is 0 Å². The van der Waals surface area contributed by atoms with Crippen LogP contribution in [0.3, 0.4) is 0 Å². The van der Waals surface area contributed by atoms with Crippen LogP contribution in [-0.2, 0) is 11.3 Å². The van der Waals surface area contributed by atoms with E-state index in [1.54, 1.807) is 0 Å². The molecule has 3 rings (SSSR count). The fourth-order valence-electron chi connectivity index (χ4n) is 3.76. The Hall–Kier alpha value is -1.17. The van der Waals surface area contributed by atoms with Crippen molar-refractivity contribution < 1.29 is 4.74 Å². The minimum absolute atomic E-state index is 0.718.